The molecule has 202 valence electrons. The lowest BCUT2D eigenvalue weighted by molar-refractivity contribution is -0.136. The number of nitrogens with zero attached hydrogens (tertiary/aromatic N) is 4. The molecule has 3 aliphatic rings. The summed E-state index contributed by atoms with van der Waals surface area (Å²) in [7, 11) is 0. The number of likely N-dealkylation sites (tertiary alicyclic amines) is 1. The van der Waals surface area contributed by atoms with Gasteiger partial charge in [-0.1, -0.05) is 36.8 Å². The van der Waals surface area contributed by atoms with Crippen LogP contribution in [-0.4, -0.2) is 62.3 Å². The van der Waals surface area contributed by atoms with Crippen molar-refractivity contribution >= 4 is 17.7 Å². The van der Waals surface area contributed by atoms with Gasteiger partial charge < -0.3 is 14.2 Å². The average Bonchev–Trinajstić information content (AvgIpc) is 3.52. The quantitative estimate of drug-likeness (QED) is 0.452. The molecule has 39 heavy (non-hydrogen) atoms. The summed E-state index contributed by atoms with van der Waals surface area (Å²) in [5.41, 5.74) is 2.70. The van der Waals surface area contributed by atoms with Crippen molar-refractivity contribution in [2.45, 2.75) is 63.8 Å². The Morgan fingerprint density at radius 2 is 1.87 bits per heavy atom. The van der Waals surface area contributed by atoms with Crippen LogP contribution in [0.25, 0.3) is 0 Å². The summed E-state index contributed by atoms with van der Waals surface area (Å²) in [5.74, 6) is 0.923. The van der Waals surface area contributed by atoms with Gasteiger partial charge >= 0.3 is 0 Å². The molecule has 0 spiro atoms. The maximum atomic E-state index is 13.0. The predicted octanol–water partition coefficient (Wildman–Crippen LogP) is 3.13. The molecule has 3 aliphatic heterocycles. The summed E-state index contributed by atoms with van der Waals surface area (Å²) in [5, 5.41) is 2.35. The molecule has 9 heteroatoms. The number of nitrogens with one attached hydrogen (secondary N) is 1. The van der Waals surface area contributed by atoms with Crippen LogP contribution in [0.3, 0.4) is 0 Å². The molecule has 9 nitrogen and oxygen atoms in total. The zero-order valence-corrected chi connectivity index (χ0v) is 21.9. The van der Waals surface area contributed by atoms with Crippen molar-refractivity contribution in [3.05, 3.63) is 83.4 Å². The molecule has 1 N–H and O–H groups in total. The van der Waals surface area contributed by atoms with Crippen LogP contribution in [-0.2, 0) is 29.2 Å². The van der Waals surface area contributed by atoms with E-state index in [9.17, 15) is 14.4 Å². The number of imidazole rings is 1. The smallest absolute Gasteiger partial charge is 0.255 e. The van der Waals surface area contributed by atoms with Crippen LogP contribution in [0, 0.1) is 0 Å². The second kappa shape index (κ2) is 11.0. The van der Waals surface area contributed by atoms with Crippen LogP contribution in [0.5, 0.6) is 5.75 Å². The van der Waals surface area contributed by atoms with Crippen LogP contribution >= 0.6 is 0 Å². The van der Waals surface area contributed by atoms with E-state index in [1.807, 2.05) is 30.6 Å². The van der Waals surface area contributed by atoms with E-state index in [2.05, 4.69) is 44.0 Å². The molecule has 0 radical (unpaired) electrons. The van der Waals surface area contributed by atoms with Gasteiger partial charge in [0.25, 0.3) is 5.91 Å². The molecule has 0 saturated carbocycles. The average molecular weight is 528 g/mol. The largest absolute Gasteiger partial charge is 0.492 e. The Bertz CT molecular complexity index is 1370. The SMILES string of the molecule is O=C1CCC(N2Cc3cc(OC[C@H]4CCCCN4Cc4nccn4Cc4ccccc4)ccc3C2=O)C(=O)N1. The van der Waals surface area contributed by atoms with Crippen LogP contribution in [0.2, 0.25) is 0 Å². The Kier molecular flexibility index (Phi) is 7.15. The number of carbonyl (C=O) groups is 3. The van der Waals surface area contributed by atoms with E-state index in [1.54, 1.807) is 11.0 Å². The molecule has 4 heterocycles. The second-order valence-electron chi connectivity index (χ2n) is 10.6. The first-order valence-electron chi connectivity index (χ1n) is 13.7. The van der Waals surface area contributed by atoms with Crippen LogP contribution in [0.4, 0.5) is 0 Å². The number of rotatable bonds is 8. The van der Waals surface area contributed by atoms with Crippen molar-refractivity contribution in [1.82, 2.24) is 24.7 Å². The molecule has 1 aromatic heterocycles. The fraction of sp³-hybridized carbons (Fsp3) is 0.400. The molecule has 2 aromatic carbocycles. The van der Waals surface area contributed by atoms with E-state index < -0.39 is 11.9 Å². The Morgan fingerprint density at radius 1 is 1.00 bits per heavy atom. The van der Waals surface area contributed by atoms with Gasteiger partial charge in [-0.15, -0.1) is 0 Å². The Morgan fingerprint density at radius 3 is 2.72 bits per heavy atom. The molecule has 2 saturated heterocycles. The number of hydrogen-bond acceptors (Lipinski definition) is 6. The summed E-state index contributed by atoms with van der Waals surface area (Å²) in [4.78, 5) is 45.5. The number of imide groups is 1. The van der Waals surface area contributed by atoms with E-state index >= 15 is 0 Å². The summed E-state index contributed by atoms with van der Waals surface area (Å²) in [6, 6.07) is 15.6. The number of carbonyl (C=O) groups excluding carboxylic acids is 3. The fourth-order valence-electron chi connectivity index (χ4n) is 5.89. The van der Waals surface area contributed by atoms with Gasteiger partial charge in [0, 0.05) is 43.5 Å². The minimum Gasteiger partial charge on any atom is -0.492 e. The summed E-state index contributed by atoms with van der Waals surface area (Å²) in [6.45, 7) is 3.48. The van der Waals surface area contributed by atoms with E-state index in [0.717, 1.165) is 49.6 Å². The van der Waals surface area contributed by atoms with E-state index in [4.69, 9.17) is 4.74 Å². The van der Waals surface area contributed by atoms with Crippen molar-refractivity contribution in [3.63, 3.8) is 0 Å². The number of benzene rings is 2. The first-order chi connectivity index (χ1) is 19.0. The number of fused-ring (bicyclic) bond motifs is 1. The van der Waals surface area contributed by atoms with E-state index in [1.165, 1.54) is 12.0 Å². The van der Waals surface area contributed by atoms with Crippen molar-refractivity contribution in [2.75, 3.05) is 13.2 Å². The van der Waals surface area contributed by atoms with Gasteiger partial charge in [-0.25, -0.2) is 4.98 Å². The van der Waals surface area contributed by atoms with Crippen LogP contribution in [0.15, 0.2) is 60.9 Å². The third-order valence-corrected chi connectivity index (χ3v) is 8.03. The van der Waals surface area contributed by atoms with Gasteiger partial charge in [-0.05, 0) is 55.1 Å². The number of hydrogen-bond donors (Lipinski definition) is 1. The fourth-order valence-corrected chi connectivity index (χ4v) is 5.89. The third-order valence-electron chi connectivity index (χ3n) is 8.03. The van der Waals surface area contributed by atoms with E-state index in [0.29, 0.717) is 25.1 Å². The third kappa shape index (κ3) is 5.45. The first-order valence-corrected chi connectivity index (χ1v) is 13.7. The molecule has 2 fully saturated rings. The summed E-state index contributed by atoms with van der Waals surface area (Å²) >= 11 is 0. The molecular weight excluding hydrogens is 494 g/mol. The zero-order chi connectivity index (χ0) is 26.8. The molecule has 6 rings (SSSR count). The van der Waals surface area contributed by atoms with Gasteiger partial charge in [0.2, 0.25) is 11.8 Å². The molecule has 0 bridgehead atoms. The summed E-state index contributed by atoms with van der Waals surface area (Å²) in [6.07, 6.45) is 7.91. The zero-order valence-electron chi connectivity index (χ0n) is 21.9. The van der Waals surface area contributed by atoms with Gasteiger partial charge in [-0.2, -0.15) is 0 Å². The Balaban J connectivity index is 1.09. The van der Waals surface area contributed by atoms with Crippen LogP contribution < -0.4 is 10.1 Å². The van der Waals surface area contributed by atoms with Crippen molar-refractivity contribution in [2.24, 2.45) is 0 Å². The standard InChI is InChI=1S/C30H33N5O4/c36-28-12-11-26(29(37)32-28)35-18-22-16-24(9-10-25(22)30(35)38)39-20-23-8-4-5-14-33(23)19-27-31-13-15-34(27)17-21-6-2-1-3-7-21/h1-3,6-7,9-10,13,15-16,23,26H,4-5,8,11-12,14,17-20H2,(H,32,36,37)/t23-,26?/m1/s1. The highest BCUT2D eigenvalue weighted by molar-refractivity contribution is 6.05. The number of aromatic nitrogens is 2. The highest BCUT2D eigenvalue weighted by Crippen LogP contribution is 2.30. The van der Waals surface area contributed by atoms with Crippen molar-refractivity contribution < 1.29 is 19.1 Å². The molecule has 3 amide bonds. The number of amides is 3. The van der Waals surface area contributed by atoms with E-state index in [-0.39, 0.29) is 24.3 Å². The lowest BCUT2D eigenvalue weighted by Gasteiger charge is -2.35. The minimum absolute atomic E-state index is 0.171. The van der Waals surface area contributed by atoms with Crippen LogP contribution in [0.1, 0.15) is 59.4 Å². The van der Waals surface area contributed by atoms with Gasteiger partial charge in [0.1, 0.15) is 24.2 Å². The van der Waals surface area contributed by atoms with Gasteiger partial charge in [0.15, 0.2) is 0 Å². The maximum Gasteiger partial charge on any atom is 0.255 e. The lowest BCUT2D eigenvalue weighted by Crippen LogP contribution is -2.52. The molecule has 2 atom stereocenters. The monoisotopic (exact) mass is 527 g/mol. The minimum atomic E-state index is -0.614. The highest BCUT2D eigenvalue weighted by atomic mass is 16.5. The van der Waals surface area contributed by atoms with Gasteiger partial charge in [-0.3, -0.25) is 24.6 Å². The second-order valence-corrected chi connectivity index (χ2v) is 10.6. The molecule has 1 unspecified atom stereocenters. The number of ether oxygens (including phenoxy) is 1. The maximum absolute atomic E-state index is 13.0. The number of piperidine rings is 2. The Hall–Kier alpha value is -3.98. The Labute approximate surface area is 227 Å². The van der Waals surface area contributed by atoms with Gasteiger partial charge in [0.05, 0.1) is 6.54 Å². The molecule has 0 aliphatic carbocycles. The first kappa shape index (κ1) is 25.3. The summed E-state index contributed by atoms with van der Waals surface area (Å²) < 4.78 is 8.49. The lowest BCUT2D eigenvalue weighted by atomic mass is 10.0. The molecule has 3 aromatic rings. The predicted molar refractivity (Wildman–Crippen MR) is 144 cm³/mol. The molecular formula is C30H33N5O4. The topological polar surface area (TPSA) is 96.8 Å². The normalized spacial score (nSPS) is 21.6. The van der Waals surface area contributed by atoms with Crippen molar-refractivity contribution in [1.29, 1.82) is 0 Å². The highest BCUT2D eigenvalue weighted by Gasteiger charge is 2.39. The van der Waals surface area contributed by atoms with Crippen molar-refractivity contribution in [3.8, 4) is 5.75 Å².